The molecule has 3 unspecified atom stereocenters. The Morgan fingerprint density at radius 2 is 0.767 bits per heavy atom. The molecule has 9 aliphatic carbocycles. The van der Waals surface area contributed by atoms with Crippen LogP contribution in [-0.4, -0.2) is 104 Å². The van der Waals surface area contributed by atoms with E-state index in [-0.39, 0.29) is 60.9 Å². The van der Waals surface area contributed by atoms with Crippen LogP contribution in [0.3, 0.4) is 0 Å². The van der Waals surface area contributed by atoms with E-state index in [0.717, 1.165) is 90.6 Å². The molecule has 11 heteroatoms. The van der Waals surface area contributed by atoms with E-state index in [2.05, 4.69) is 169 Å². The lowest BCUT2D eigenvalue weighted by Gasteiger charge is -2.55. The molecule has 6 aromatic rings. The molecule has 17 aliphatic rings. The van der Waals surface area contributed by atoms with E-state index >= 15 is 0 Å². The van der Waals surface area contributed by atoms with Crippen molar-refractivity contribution in [2.75, 3.05) is 26.4 Å². The van der Waals surface area contributed by atoms with E-state index in [1.54, 1.807) is 11.1 Å². The zero-order valence-electron chi connectivity index (χ0n) is 61.6. The molecular formula is C92H105N5O6. The van der Waals surface area contributed by atoms with Gasteiger partial charge < -0.3 is 34.3 Å². The molecule has 6 saturated carbocycles. The molecule has 3 aromatic carbocycles. The SMILES string of the molecule is CC1(N[C@@H]2CCC3=CC4=CC[C@]5(C)[C@@H](c6ccc7ccncc7c6)CC[C@H]5C45CC[C@]3(C2)O5)COC1.CC1(N[C@H]2CCC3=CC4=CC[C@]5(C)[C@@H](c6ccc7ccncc7c6)CC[C@H]5C45CC[C@]3(C2)O5)COC1.C[C@]12CC=C3C=C4CCC(=O)C[C@]45CCC3(O5)[C@@H]1CC[C@@H]2c1ccc2ccncc2c1. The van der Waals surface area contributed by atoms with Gasteiger partial charge in [-0.05, 0) is 310 Å². The van der Waals surface area contributed by atoms with Gasteiger partial charge in [0.1, 0.15) is 5.78 Å². The normalized spacial score (nSPS) is 41.7. The molecule has 0 radical (unpaired) electrons. The average molecular weight is 1380 g/mol. The van der Waals surface area contributed by atoms with Crippen molar-refractivity contribution >= 4 is 38.1 Å². The van der Waals surface area contributed by atoms with Crippen LogP contribution in [0.15, 0.2) is 180 Å². The van der Waals surface area contributed by atoms with Crippen LogP contribution >= 0.6 is 0 Å². The fraction of sp³-hybridized carbons (Fsp3) is 0.565. The van der Waals surface area contributed by atoms with Crippen molar-refractivity contribution < 1.29 is 28.5 Å². The van der Waals surface area contributed by atoms with Gasteiger partial charge in [0.25, 0.3) is 0 Å². The highest BCUT2D eigenvalue weighted by Crippen LogP contribution is 2.73. The predicted octanol–water partition coefficient (Wildman–Crippen LogP) is 18.5. The first kappa shape index (κ1) is 65.0. The smallest absolute Gasteiger partial charge is 0.136 e. The Morgan fingerprint density at radius 3 is 1.15 bits per heavy atom. The van der Waals surface area contributed by atoms with Crippen LogP contribution in [0, 0.1) is 34.0 Å². The lowest BCUT2D eigenvalue weighted by Crippen LogP contribution is -2.63. The number of allylic oxidation sites excluding steroid dienone is 3. The van der Waals surface area contributed by atoms with Crippen molar-refractivity contribution in [3.8, 4) is 0 Å². The van der Waals surface area contributed by atoms with Crippen LogP contribution in [-0.2, 0) is 28.5 Å². The molecule has 11 heterocycles. The van der Waals surface area contributed by atoms with E-state index < -0.39 is 0 Å². The van der Waals surface area contributed by atoms with Gasteiger partial charge in [-0.2, -0.15) is 0 Å². The standard InChI is InChI=1S/2C32H38N2O2.C28H29NO2/c2*1-29(19-35-20-29)34-26-6-5-24-16-25-9-11-30(2)27(22-4-3-21-10-14-33-18-23(21)15-22)7-8-28(30)32(25)13-12-31(24,17-26)36-32;1-26-10-8-22-15-21-4-5-23(30)16-27(21)11-12-28(22,31-27)25(26)7-6-24(26)19-3-2-18-9-13-29-17-20(18)14-19/h2*3-4,9-10,14-16,18,26-28,34H,5-8,11-13,17,19-20H2,1-2H3;2-3,8-9,13-15,17,24-25H,4-7,10-12,16H2,1H3/t26-,27+,28+,30+,31+,32?;26-,27-,28-,30-,31-,32?;24-,25-,26-,27-,28?/m011/s1. The first-order valence-corrected chi connectivity index (χ1v) is 40.5. The van der Waals surface area contributed by atoms with Gasteiger partial charge in [0.2, 0.25) is 0 Å². The zero-order chi connectivity index (χ0) is 69.2. The molecular weight excluding hydrogens is 1270 g/mol. The molecule has 6 spiro atoms. The summed E-state index contributed by atoms with van der Waals surface area (Å²) in [6.45, 7) is 15.6. The quantitative estimate of drug-likeness (QED) is 0.159. The molecule has 8 aliphatic heterocycles. The minimum atomic E-state index is -0.294. The number of nitrogens with zero attached hydrogens (tertiary/aromatic N) is 3. The number of ketones is 1. The average Bonchev–Trinajstić information content (AvgIpc) is 1.55. The number of nitrogens with one attached hydrogen (secondary N) is 2. The van der Waals surface area contributed by atoms with Gasteiger partial charge in [-0.3, -0.25) is 19.7 Å². The van der Waals surface area contributed by atoms with Crippen molar-refractivity contribution in [3.63, 3.8) is 0 Å². The van der Waals surface area contributed by atoms with Crippen LogP contribution in [0.4, 0.5) is 0 Å². The minimum absolute atomic E-state index is 0.0564. The van der Waals surface area contributed by atoms with E-state index in [4.69, 9.17) is 23.7 Å². The molecule has 23 rings (SSSR count). The summed E-state index contributed by atoms with van der Waals surface area (Å²) < 4.78 is 33.2. The van der Waals surface area contributed by atoms with Crippen LogP contribution in [0.1, 0.15) is 223 Å². The molecule has 17 atom stereocenters. The number of benzene rings is 3. The molecule has 5 saturated heterocycles. The largest absolute Gasteiger partial charge is 0.377 e. The van der Waals surface area contributed by atoms with E-state index in [1.165, 1.54) is 148 Å². The number of rotatable bonds is 7. The number of ether oxygens (including phenoxy) is 5. The van der Waals surface area contributed by atoms with E-state index in [9.17, 15) is 4.79 Å². The predicted molar refractivity (Wildman–Crippen MR) is 404 cm³/mol. The highest BCUT2D eigenvalue weighted by molar-refractivity contribution is 5.85. The number of carbonyl (C=O) groups is 1. The van der Waals surface area contributed by atoms with Crippen molar-refractivity contribution in [1.29, 1.82) is 0 Å². The van der Waals surface area contributed by atoms with Gasteiger partial charge in [-0.15, -0.1) is 0 Å². The van der Waals surface area contributed by atoms with Crippen molar-refractivity contribution in [2.24, 2.45) is 34.0 Å². The van der Waals surface area contributed by atoms with Crippen LogP contribution in [0.2, 0.25) is 0 Å². The molecule has 0 amide bonds. The first-order chi connectivity index (χ1) is 49.9. The van der Waals surface area contributed by atoms with Gasteiger partial charge in [0.05, 0.1) is 71.1 Å². The zero-order valence-corrected chi connectivity index (χ0v) is 61.6. The monoisotopic (exact) mass is 1380 g/mol. The summed E-state index contributed by atoms with van der Waals surface area (Å²) >= 11 is 0. The molecule has 11 nitrogen and oxygen atoms in total. The number of pyridine rings is 3. The molecule has 534 valence electrons. The lowest BCUT2D eigenvalue weighted by molar-refractivity contribution is -0.146. The first-order valence-electron chi connectivity index (χ1n) is 40.5. The number of fused-ring (bicyclic) bond motifs is 6. The molecule has 2 N–H and O–H groups in total. The number of hydrogen-bond acceptors (Lipinski definition) is 11. The fourth-order valence-electron chi connectivity index (χ4n) is 26.9. The number of Topliss-reactive ketones (excluding diaryl/α,β-unsaturated/α-hetero) is 1. The number of aromatic nitrogens is 3. The summed E-state index contributed by atoms with van der Waals surface area (Å²) in [6.07, 6.45) is 53.9. The lowest BCUT2D eigenvalue weighted by atomic mass is 9.58. The third kappa shape index (κ3) is 9.61. The van der Waals surface area contributed by atoms with Gasteiger partial charge in [-0.1, -0.05) is 93.6 Å². The van der Waals surface area contributed by atoms with E-state index in [1.807, 2.05) is 37.2 Å². The Hall–Kier alpha value is -6.28. The summed E-state index contributed by atoms with van der Waals surface area (Å²) in [4.78, 5) is 25.5. The molecule has 11 fully saturated rings. The highest BCUT2D eigenvalue weighted by atomic mass is 16.5. The van der Waals surface area contributed by atoms with Crippen molar-refractivity contribution in [3.05, 3.63) is 197 Å². The third-order valence-electron chi connectivity index (χ3n) is 31.8. The fourth-order valence-corrected chi connectivity index (χ4v) is 26.9. The Bertz CT molecular complexity index is 4550. The maximum Gasteiger partial charge on any atom is 0.136 e. The van der Waals surface area contributed by atoms with Gasteiger partial charge in [-0.25, -0.2) is 0 Å². The third-order valence-corrected chi connectivity index (χ3v) is 31.8. The second-order valence-electron chi connectivity index (χ2n) is 37.6. The molecule has 103 heavy (non-hydrogen) atoms. The second-order valence-corrected chi connectivity index (χ2v) is 37.6. The maximum absolute atomic E-state index is 12.4. The Balaban J connectivity index is 0.000000100. The summed E-state index contributed by atoms with van der Waals surface area (Å²) in [7, 11) is 0. The summed E-state index contributed by atoms with van der Waals surface area (Å²) in [5.74, 6) is 3.75. The molecule has 3 aromatic heterocycles. The number of carbonyl (C=O) groups excluding carboxylic acids is 1. The van der Waals surface area contributed by atoms with Crippen LogP contribution in [0.25, 0.3) is 32.3 Å². The number of hydrogen-bond donors (Lipinski definition) is 2. The maximum atomic E-state index is 12.4. The van der Waals surface area contributed by atoms with Gasteiger partial charge in [0, 0.05) is 78.3 Å². The van der Waals surface area contributed by atoms with Gasteiger partial charge in [0.15, 0.2) is 0 Å². The van der Waals surface area contributed by atoms with Crippen LogP contribution < -0.4 is 10.6 Å². The Morgan fingerprint density at radius 1 is 0.398 bits per heavy atom. The van der Waals surface area contributed by atoms with E-state index in [0.29, 0.717) is 66.2 Å². The highest BCUT2D eigenvalue weighted by Gasteiger charge is 2.70. The topological polar surface area (TPSA) is 126 Å². The Kier molecular flexibility index (Phi) is 14.5. The minimum Gasteiger partial charge on any atom is -0.377 e. The van der Waals surface area contributed by atoms with Crippen molar-refractivity contribution in [1.82, 2.24) is 25.6 Å². The van der Waals surface area contributed by atoms with Gasteiger partial charge >= 0.3 is 0 Å². The summed E-state index contributed by atoms with van der Waals surface area (Å²) in [6, 6.07) is 28.5. The second kappa shape index (κ2) is 22.9. The summed E-state index contributed by atoms with van der Waals surface area (Å²) in [5, 5.41) is 15.5. The van der Waals surface area contributed by atoms with Crippen molar-refractivity contribution in [2.45, 2.75) is 263 Å². The molecule has 6 bridgehead atoms. The van der Waals surface area contributed by atoms with Crippen LogP contribution in [0.5, 0.6) is 0 Å². The summed E-state index contributed by atoms with van der Waals surface area (Å²) in [5.41, 5.74) is 13.6. The Labute approximate surface area is 609 Å².